The van der Waals surface area contributed by atoms with Crippen LogP contribution < -0.4 is 0 Å². The number of benzene rings is 1. The van der Waals surface area contributed by atoms with Gasteiger partial charge in [0, 0.05) is 26.2 Å². The van der Waals surface area contributed by atoms with E-state index in [0.717, 1.165) is 18.4 Å². The number of hydrogen-bond donors (Lipinski definition) is 1. The van der Waals surface area contributed by atoms with E-state index in [0.29, 0.717) is 13.1 Å². The molecule has 6 heteroatoms. The van der Waals surface area contributed by atoms with Crippen molar-refractivity contribution in [3.8, 4) is 5.75 Å². The molecule has 0 bridgehead atoms. The minimum atomic E-state index is -3.39. The highest BCUT2D eigenvalue weighted by atomic mass is 32.2. The van der Waals surface area contributed by atoms with Gasteiger partial charge in [-0.3, -0.25) is 0 Å². The predicted octanol–water partition coefficient (Wildman–Crippen LogP) is 1.73. The van der Waals surface area contributed by atoms with Gasteiger partial charge in [0.15, 0.2) is 0 Å². The summed E-state index contributed by atoms with van der Waals surface area (Å²) in [5.74, 6) is 0.181. The number of aromatic hydroxyl groups is 1. The van der Waals surface area contributed by atoms with Gasteiger partial charge in [0.25, 0.3) is 10.2 Å². The van der Waals surface area contributed by atoms with Gasteiger partial charge in [0.2, 0.25) is 0 Å². The first-order valence-electron chi connectivity index (χ1n) is 6.45. The van der Waals surface area contributed by atoms with Crippen LogP contribution in [-0.4, -0.2) is 42.3 Å². The molecule has 1 saturated heterocycles. The van der Waals surface area contributed by atoms with Gasteiger partial charge in [0.1, 0.15) is 5.75 Å². The Balaban J connectivity index is 2.18. The van der Waals surface area contributed by atoms with Crippen LogP contribution in [0.2, 0.25) is 0 Å². The van der Waals surface area contributed by atoms with Gasteiger partial charge >= 0.3 is 0 Å². The van der Waals surface area contributed by atoms with Crippen LogP contribution in [0.1, 0.15) is 31.4 Å². The van der Waals surface area contributed by atoms with E-state index in [1.807, 2.05) is 6.92 Å². The maximum atomic E-state index is 12.4. The summed E-state index contributed by atoms with van der Waals surface area (Å²) in [7, 11) is -1.79. The van der Waals surface area contributed by atoms with E-state index >= 15 is 0 Å². The Morgan fingerprint density at radius 3 is 2.26 bits per heavy atom. The van der Waals surface area contributed by atoms with Crippen molar-refractivity contribution in [2.75, 3.05) is 20.1 Å². The van der Waals surface area contributed by atoms with Crippen LogP contribution in [0.3, 0.4) is 0 Å². The normalized spacial score (nSPS) is 18.9. The van der Waals surface area contributed by atoms with Gasteiger partial charge in [-0.25, -0.2) is 0 Å². The summed E-state index contributed by atoms with van der Waals surface area (Å²) in [5, 5.41) is 9.27. The standard InChI is InChI=1S/C13H20N2O3S/c1-11(12-5-7-13(16)8-6-12)14(2)19(17,18)15-9-3-4-10-15/h5-8,11,16H,3-4,9-10H2,1-2H3. The van der Waals surface area contributed by atoms with Crippen molar-refractivity contribution >= 4 is 10.2 Å². The van der Waals surface area contributed by atoms with Crippen molar-refractivity contribution in [2.24, 2.45) is 0 Å². The first-order chi connectivity index (χ1) is 8.93. The summed E-state index contributed by atoms with van der Waals surface area (Å²) in [6.45, 7) is 3.06. The Bertz CT molecular complexity index is 521. The summed E-state index contributed by atoms with van der Waals surface area (Å²) in [6.07, 6.45) is 1.86. The molecule has 5 nitrogen and oxygen atoms in total. The molecular formula is C13H20N2O3S. The van der Waals surface area contributed by atoms with E-state index in [2.05, 4.69) is 0 Å². The quantitative estimate of drug-likeness (QED) is 0.916. The zero-order valence-electron chi connectivity index (χ0n) is 11.3. The lowest BCUT2D eigenvalue weighted by molar-refractivity contribution is 0.350. The van der Waals surface area contributed by atoms with Gasteiger partial charge in [-0.2, -0.15) is 17.0 Å². The van der Waals surface area contributed by atoms with Gasteiger partial charge in [-0.15, -0.1) is 0 Å². The number of rotatable bonds is 4. The van der Waals surface area contributed by atoms with Gasteiger partial charge in [0.05, 0.1) is 0 Å². The van der Waals surface area contributed by atoms with Gasteiger partial charge < -0.3 is 5.11 Å². The zero-order chi connectivity index (χ0) is 14.0. The number of nitrogens with zero attached hydrogens (tertiary/aromatic N) is 2. The van der Waals surface area contributed by atoms with Gasteiger partial charge in [-0.1, -0.05) is 12.1 Å². The molecule has 1 heterocycles. The Morgan fingerprint density at radius 2 is 1.74 bits per heavy atom. The monoisotopic (exact) mass is 284 g/mol. The molecule has 19 heavy (non-hydrogen) atoms. The second-order valence-corrected chi connectivity index (χ2v) is 6.89. The SMILES string of the molecule is CC(c1ccc(O)cc1)N(C)S(=O)(=O)N1CCCC1. The van der Waals surface area contributed by atoms with Crippen LogP contribution in [0.15, 0.2) is 24.3 Å². The number of hydrogen-bond acceptors (Lipinski definition) is 3. The first kappa shape index (κ1) is 14.3. The smallest absolute Gasteiger partial charge is 0.282 e. The molecule has 2 rings (SSSR count). The molecule has 1 atom stereocenters. The first-order valence-corrected chi connectivity index (χ1v) is 7.84. The van der Waals surface area contributed by atoms with Crippen molar-refractivity contribution in [3.05, 3.63) is 29.8 Å². The van der Waals surface area contributed by atoms with Crippen LogP contribution in [0.25, 0.3) is 0 Å². The highest BCUT2D eigenvalue weighted by molar-refractivity contribution is 7.86. The second kappa shape index (κ2) is 5.48. The maximum Gasteiger partial charge on any atom is 0.282 e. The van der Waals surface area contributed by atoms with Crippen molar-refractivity contribution in [2.45, 2.75) is 25.8 Å². The van der Waals surface area contributed by atoms with Crippen molar-refractivity contribution in [3.63, 3.8) is 0 Å². The fourth-order valence-corrected chi connectivity index (χ4v) is 3.87. The Kier molecular flexibility index (Phi) is 4.13. The third-order valence-electron chi connectivity index (χ3n) is 3.68. The van der Waals surface area contributed by atoms with Gasteiger partial charge in [-0.05, 0) is 37.5 Å². The predicted molar refractivity (Wildman–Crippen MR) is 74.0 cm³/mol. The highest BCUT2D eigenvalue weighted by Gasteiger charge is 2.32. The topological polar surface area (TPSA) is 60.9 Å². The molecule has 1 aromatic rings. The molecule has 0 aliphatic carbocycles. The van der Waals surface area contributed by atoms with Crippen LogP contribution >= 0.6 is 0 Å². The van der Waals surface area contributed by atoms with E-state index in [1.54, 1.807) is 31.3 Å². The van der Waals surface area contributed by atoms with E-state index in [4.69, 9.17) is 0 Å². The number of phenolic OH excluding ortho intramolecular Hbond substituents is 1. The molecular weight excluding hydrogens is 264 g/mol. The van der Waals surface area contributed by atoms with E-state index in [-0.39, 0.29) is 11.8 Å². The Labute approximate surface area is 114 Å². The summed E-state index contributed by atoms with van der Waals surface area (Å²) >= 11 is 0. The third-order valence-corrected chi connectivity index (χ3v) is 5.74. The third kappa shape index (κ3) is 2.91. The van der Waals surface area contributed by atoms with Crippen LogP contribution in [0, 0.1) is 0 Å². The summed E-state index contributed by atoms with van der Waals surface area (Å²) in [6, 6.07) is 6.38. The lowest BCUT2D eigenvalue weighted by atomic mass is 10.1. The molecule has 1 aromatic carbocycles. The van der Waals surface area contributed by atoms with Crippen molar-refractivity contribution < 1.29 is 13.5 Å². The minimum absolute atomic E-state index is 0.181. The van der Waals surface area contributed by atoms with Crippen LogP contribution in [0.5, 0.6) is 5.75 Å². The van der Waals surface area contributed by atoms with E-state index < -0.39 is 10.2 Å². The minimum Gasteiger partial charge on any atom is -0.508 e. The average molecular weight is 284 g/mol. The highest BCUT2D eigenvalue weighted by Crippen LogP contribution is 2.26. The van der Waals surface area contributed by atoms with E-state index in [9.17, 15) is 13.5 Å². The molecule has 0 radical (unpaired) electrons. The molecule has 0 amide bonds. The maximum absolute atomic E-state index is 12.4. The molecule has 1 N–H and O–H groups in total. The fraction of sp³-hybridized carbons (Fsp3) is 0.538. The van der Waals surface area contributed by atoms with Crippen LogP contribution in [-0.2, 0) is 10.2 Å². The molecule has 1 unspecified atom stereocenters. The number of phenols is 1. The Hall–Kier alpha value is -1.11. The molecule has 106 valence electrons. The molecule has 0 aromatic heterocycles. The molecule has 0 spiro atoms. The lowest BCUT2D eigenvalue weighted by Gasteiger charge is -2.28. The van der Waals surface area contributed by atoms with Crippen molar-refractivity contribution in [1.82, 2.24) is 8.61 Å². The lowest BCUT2D eigenvalue weighted by Crippen LogP contribution is -2.41. The fourth-order valence-electron chi connectivity index (χ4n) is 2.26. The largest absolute Gasteiger partial charge is 0.508 e. The van der Waals surface area contributed by atoms with Crippen molar-refractivity contribution in [1.29, 1.82) is 0 Å². The van der Waals surface area contributed by atoms with E-state index in [1.165, 1.54) is 8.61 Å². The summed E-state index contributed by atoms with van der Waals surface area (Å²) < 4.78 is 27.8. The molecule has 1 fully saturated rings. The average Bonchev–Trinajstić information content (AvgIpc) is 2.92. The second-order valence-electron chi connectivity index (χ2n) is 4.90. The summed E-state index contributed by atoms with van der Waals surface area (Å²) in [5.41, 5.74) is 0.864. The molecule has 0 saturated carbocycles. The molecule has 1 aliphatic rings. The summed E-state index contributed by atoms with van der Waals surface area (Å²) in [4.78, 5) is 0. The molecule has 1 aliphatic heterocycles. The zero-order valence-corrected chi connectivity index (χ0v) is 12.1. The Morgan fingerprint density at radius 1 is 1.21 bits per heavy atom. The van der Waals surface area contributed by atoms with Crippen LogP contribution in [0.4, 0.5) is 0 Å².